The monoisotopic (exact) mass is 370 g/mol. The molecule has 5 unspecified atom stereocenters. The standard InChI is InChI=1S/C28H34/c1-28-14-5-8-27(28)25-12-10-20-17-21(9-11-23(20)24(25)13-15-28)26-18-22(26)16-19-6-3-2-4-7-19/h2-4,6-7,9,11,17,22,24-27H,5,8,10,12-16,18H2,1H3/t22?,24?,25?,26?,27?,28-/m0/s1. The predicted molar refractivity (Wildman–Crippen MR) is 117 cm³/mol. The lowest BCUT2D eigenvalue weighted by atomic mass is 9.56. The van der Waals surface area contributed by atoms with Crippen LogP contribution < -0.4 is 0 Å². The maximum Gasteiger partial charge on any atom is -0.0127 e. The third kappa shape index (κ3) is 2.78. The number of rotatable bonds is 3. The van der Waals surface area contributed by atoms with E-state index in [0.29, 0.717) is 5.41 Å². The summed E-state index contributed by atoms with van der Waals surface area (Å²) in [6, 6.07) is 18.8. The lowest BCUT2D eigenvalue weighted by molar-refractivity contribution is 0.0598. The summed E-state index contributed by atoms with van der Waals surface area (Å²) in [5.74, 6) is 4.54. The van der Waals surface area contributed by atoms with Crippen LogP contribution in [0.1, 0.15) is 86.0 Å². The summed E-state index contributed by atoms with van der Waals surface area (Å²) in [7, 11) is 0. The van der Waals surface area contributed by atoms with Crippen molar-refractivity contribution in [2.45, 2.75) is 76.5 Å². The van der Waals surface area contributed by atoms with Gasteiger partial charge in [0.05, 0.1) is 0 Å². The zero-order valence-electron chi connectivity index (χ0n) is 17.4. The number of benzene rings is 2. The molecule has 4 aliphatic carbocycles. The Morgan fingerprint density at radius 2 is 1.82 bits per heavy atom. The van der Waals surface area contributed by atoms with E-state index in [1.807, 2.05) is 0 Å². The number of fused-ring (bicyclic) bond motifs is 5. The molecule has 3 fully saturated rings. The van der Waals surface area contributed by atoms with E-state index in [9.17, 15) is 0 Å². The summed E-state index contributed by atoms with van der Waals surface area (Å²) in [4.78, 5) is 0. The third-order valence-corrected chi connectivity index (χ3v) is 9.22. The molecule has 2 aromatic rings. The van der Waals surface area contributed by atoms with Crippen LogP contribution in [0.2, 0.25) is 0 Å². The minimum atomic E-state index is 0.678. The van der Waals surface area contributed by atoms with Crippen LogP contribution in [0.15, 0.2) is 48.5 Å². The van der Waals surface area contributed by atoms with Crippen LogP contribution in [-0.4, -0.2) is 0 Å². The van der Waals surface area contributed by atoms with E-state index >= 15 is 0 Å². The minimum absolute atomic E-state index is 0.678. The maximum atomic E-state index is 2.63. The number of hydrogen-bond donors (Lipinski definition) is 0. The van der Waals surface area contributed by atoms with Crippen molar-refractivity contribution < 1.29 is 0 Å². The maximum absolute atomic E-state index is 2.63. The van der Waals surface area contributed by atoms with Crippen LogP contribution >= 0.6 is 0 Å². The molecule has 4 aliphatic rings. The molecule has 0 heterocycles. The molecule has 0 aromatic heterocycles. The van der Waals surface area contributed by atoms with Crippen molar-refractivity contribution in [1.29, 1.82) is 0 Å². The van der Waals surface area contributed by atoms with E-state index in [2.05, 4.69) is 55.5 Å². The fraction of sp³-hybridized carbons (Fsp3) is 0.571. The van der Waals surface area contributed by atoms with Gasteiger partial charge in [0.15, 0.2) is 0 Å². The predicted octanol–water partition coefficient (Wildman–Crippen LogP) is 7.28. The van der Waals surface area contributed by atoms with Crippen LogP contribution in [0.25, 0.3) is 0 Å². The molecule has 0 N–H and O–H groups in total. The molecule has 146 valence electrons. The zero-order valence-corrected chi connectivity index (χ0v) is 17.4. The Morgan fingerprint density at radius 3 is 2.71 bits per heavy atom. The Kier molecular flexibility index (Phi) is 4.00. The van der Waals surface area contributed by atoms with E-state index in [4.69, 9.17) is 0 Å². The fourth-order valence-corrected chi connectivity index (χ4v) is 7.62. The molecule has 0 saturated heterocycles. The summed E-state index contributed by atoms with van der Waals surface area (Å²) >= 11 is 0. The van der Waals surface area contributed by atoms with E-state index < -0.39 is 0 Å². The van der Waals surface area contributed by atoms with Crippen LogP contribution in [0.3, 0.4) is 0 Å². The van der Waals surface area contributed by atoms with Gasteiger partial charge in [0.1, 0.15) is 0 Å². The second kappa shape index (κ2) is 6.48. The summed E-state index contributed by atoms with van der Waals surface area (Å²) in [6.07, 6.45) is 12.9. The normalized spacial score (nSPS) is 38.4. The Labute approximate surface area is 170 Å². The molecule has 2 aromatic carbocycles. The molecule has 6 atom stereocenters. The summed E-state index contributed by atoms with van der Waals surface area (Å²) < 4.78 is 0. The minimum Gasteiger partial charge on any atom is -0.0622 e. The quantitative estimate of drug-likeness (QED) is 0.532. The highest BCUT2D eigenvalue weighted by Crippen LogP contribution is 2.61. The second-order valence-electron chi connectivity index (χ2n) is 10.8. The molecule has 28 heavy (non-hydrogen) atoms. The van der Waals surface area contributed by atoms with E-state index in [-0.39, 0.29) is 0 Å². The topological polar surface area (TPSA) is 0 Å². The third-order valence-electron chi connectivity index (χ3n) is 9.22. The first-order chi connectivity index (χ1) is 13.7. The van der Waals surface area contributed by atoms with Gasteiger partial charge in [-0.05, 0) is 109 Å². The Balaban J connectivity index is 1.20. The zero-order chi connectivity index (χ0) is 18.7. The second-order valence-corrected chi connectivity index (χ2v) is 10.8. The Hall–Kier alpha value is -1.56. The molecule has 6 rings (SSSR count). The van der Waals surface area contributed by atoms with E-state index in [1.54, 1.807) is 16.7 Å². The smallest absolute Gasteiger partial charge is 0.0127 e. The van der Waals surface area contributed by atoms with Crippen molar-refractivity contribution in [3.8, 4) is 0 Å². The van der Waals surface area contributed by atoms with Gasteiger partial charge in [-0.25, -0.2) is 0 Å². The van der Waals surface area contributed by atoms with E-state index in [0.717, 1.165) is 29.6 Å². The first-order valence-corrected chi connectivity index (χ1v) is 11.9. The average molecular weight is 371 g/mol. The fourth-order valence-electron chi connectivity index (χ4n) is 7.62. The van der Waals surface area contributed by atoms with Gasteiger partial charge < -0.3 is 0 Å². The van der Waals surface area contributed by atoms with Gasteiger partial charge in [-0.3, -0.25) is 0 Å². The molecule has 0 heteroatoms. The Morgan fingerprint density at radius 1 is 0.929 bits per heavy atom. The van der Waals surface area contributed by atoms with Crippen LogP contribution in [-0.2, 0) is 12.8 Å². The van der Waals surface area contributed by atoms with Crippen molar-refractivity contribution in [3.05, 3.63) is 70.8 Å². The van der Waals surface area contributed by atoms with Crippen molar-refractivity contribution >= 4 is 0 Å². The highest BCUT2D eigenvalue weighted by atomic mass is 14.5. The van der Waals surface area contributed by atoms with Gasteiger partial charge in [0.25, 0.3) is 0 Å². The van der Waals surface area contributed by atoms with Crippen LogP contribution in [0.4, 0.5) is 0 Å². The van der Waals surface area contributed by atoms with Gasteiger partial charge in [0.2, 0.25) is 0 Å². The number of aryl methyl sites for hydroxylation is 1. The highest BCUT2D eigenvalue weighted by Gasteiger charge is 2.50. The molecule has 0 amide bonds. The summed E-state index contributed by atoms with van der Waals surface area (Å²) in [5.41, 5.74) is 7.29. The molecule has 0 aliphatic heterocycles. The largest absolute Gasteiger partial charge is 0.0622 e. The molecular formula is C28H34. The van der Waals surface area contributed by atoms with Crippen molar-refractivity contribution in [3.63, 3.8) is 0 Å². The molecule has 0 bridgehead atoms. The first-order valence-electron chi connectivity index (χ1n) is 11.9. The van der Waals surface area contributed by atoms with Crippen LogP contribution in [0.5, 0.6) is 0 Å². The SMILES string of the molecule is C[C@@]12CCCC1C1CCc3cc(C4CC4Cc4ccccc4)ccc3C1CC2. The van der Waals surface area contributed by atoms with Gasteiger partial charge in [0, 0.05) is 0 Å². The molecule has 0 spiro atoms. The number of hydrogen-bond acceptors (Lipinski definition) is 0. The summed E-state index contributed by atoms with van der Waals surface area (Å²) in [5, 5.41) is 0. The van der Waals surface area contributed by atoms with Crippen LogP contribution in [0, 0.1) is 23.2 Å². The average Bonchev–Trinajstić information content (AvgIpc) is 3.37. The lowest BCUT2D eigenvalue weighted by Gasteiger charge is -2.49. The van der Waals surface area contributed by atoms with Gasteiger partial charge in [-0.1, -0.05) is 61.9 Å². The first kappa shape index (κ1) is 17.3. The van der Waals surface area contributed by atoms with Gasteiger partial charge >= 0.3 is 0 Å². The van der Waals surface area contributed by atoms with Crippen molar-refractivity contribution in [1.82, 2.24) is 0 Å². The summed E-state index contributed by atoms with van der Waals surface area (Å²) in [6.45, 7) is 2.61. The van der Waals surface area contributed by atoms with Crippen molar-refractivity contribution in [2.75, 3.05) is 0 Å². The van der Waals surface area contributed by atoms with Gasteiger partial charge in [-0.2, -0.15) is 0 Å². The van der Waals surface area contributed by atoms with E-state index in [1.165, 1.54) is 63.4 Å². The molecule has 3 saturated carbocycles. The van der Waals surface area contributed by atoms with Gasteiger partial charge in [-0.15, -0.1) is 0 Å². The Bertz CT molecular complexity index is 865. The molecule has 0 radical (unpaired) electrons. The molecule has 0 nitrogen and oxygen atoms in total. The molecular weight excluding hydrogens is 336 g/mol. The highest BCUT2D eigenvalue weighted by molar-refractivity contribution is 5.41. The van der Waals surface area contributed by atoms with Crippen molar-refractivity contribution in [2.24, 2.45) is 23.2 Å². The lowest BCUT2D eigenvalue weighted by Crippen LogP contribution is -2.39.